The second-order valence-corrected chi connectivity index (χ2v) is 3.41. The van der Waals surface area contributed by atoms with Gasteiger partial charge in [-0.25, -0.2) is 5.10 Å². The number of carbonyl (C=O) groups is 1. The number of nitrogens with zero attached hydrogens (tertiary/aromatic N) is 3. The molecule has 0 bridgehead atoms. The number of rotatable bonds is 3. The van der Waals surface area contributed by atoms with Gasteiger partial charge in [0.15, 0.2) is 5.82 Å². The number of amides is 1. The Hall–Kier alpha value is -2.24. The number of hydrogen-bond donors (Lipinski definition) is 2. The molecule has 82 valence electrons. The fourth-order valence-corrected chi connectivity index (χ4v) is 1.41. The van der Waals surface area contributed by atoms with Gasteiger partial charge in [0.25, 0.3) is 0 Å². The highest BCUT2D eigenvalue weighted by Gasteiger charge is 2.01. The van der Waals surface area contributed by atoms with Crippen molar-refractivity contribution in [3.8, 4) is 0 Å². The Morgan fingerprint density at radius 3 is 3.06 bits per heavy atom. The Morgan fingerprint density at radius 1 is 1.50 bits per heavy atom. The second-order valence-electron chi connectivity index (χ2n) is 3.41. The largest absolute Gasteiger partial charge is 0.326 e. The van der Waals surface area contributed by atoms with Crippen LogP contribution in [0.3, 0.4) is 0 Å². The van der Waals surface area contributed by atoms with Gasteiger partial charge in [0, 0.05) is 19.0 Å². The summed E-state index contributed by atoms with van der Waals surface area (Å²) in [6.45, 7) is 1.48. The van der Waals surface area contributed by atoms with E-state index in [0.29, 0.717) is 12.2 Å². The first-order valence-electron chi connectivity index (χ1n) is 4.83. The molecule has 0 spiro atoms. The summed E-state index contributed by atoms with van der Waals surface area (Å²) in [4.78, 5) is 10.9. The lowest BCUT2D eigenvalue weighted by Gasteiger charge is -2.03. The molecule has 0 aliphatic carbocycles. The quantitative estimate of drug-likeness (QED) is 0.794. The van der Waals surface area contributed by atoms with Crippen LogP contribution in [0.25, 0.3) is 0 Å². The van der Waals surface area contributed by atoms with Gasteiger partial charge in [0.2, 0.25) is 5.91 Å². The number of hydrogen-bond acceptors (Lipinski definition) is 4. The van der Waals surface area contributed by atoms with Gasteiger partial charge in [-0.2, -0.15) is 0 Å². The highest BCUT2D eigenvalue weighted by molar-refractivity contribution is 5.88. The summed E-state index contributed by atoms with van der Waals surface area (Å²) in [5.74, 6) is 0.610. The molecule has 0 saturated heterocycles. The van der Waals surface area contributed by atoms with E-state index >= 15 is 0 Å². The summed E-state index contributed by atoms with van der Waals surface area (Å²) in [7, 11) is 0. The highest BCUT2D eigenvalue weighted by atomic mass is 16.1. The van der Waals surface area contributed by atoms with Crippen LogP contribution in [-0.2, 0) is 11.2 Å². The van der Waals surface area contributed by atoms with Crippen LogP contribution < -0.4 is 5.32 Å². The molecule has 6 nitrogen and oxygen atoms in total. The lowest BCUT2D eigenvalue weighted by Crippen LogP contribution is -2.05. The van der Waals surface area contributed by atoms with Crippen molar-refractivity contribution < 1.29 is 4.79 Å². The van der Waals surface area contributed by atoms with Crippen LogP contribution in [0.5, 0.6) is 0 Å². The third-order valence-electron chi connectivity index (χ3n) is 2.01. The zero-order valence-electron chi connectivity index (χ0n) is 8.77. The second kappa shape index (κ2) is 4.52. The number of H-pyrrole nitrogens is 1. The van der Waals surface area contributed by atoms with Crippen molar-refractivity contribution in [1.29, 1.82) is 0 Å². The van der Waals surface area contributed by atoms with Crippen molar-refractivity contribution in [3.05, 3.63) is 35.7 Å². The molecule has 1 heterocycles. The van der Waals surface area contributed by atoms with Gasteiger partial charge in [-0.3, -0.25) is 4.79 Å². The van der Waals surface area contributed by atoms with Gasteiger partial charge in [-0.05, 0) is 28.1 Å². The van der Waals surface area contributed by atoms with Crippen LogP contribution >= 0.6 is 0 Å². The molecule has 16 heavy (non-hydrogen) atoms. The summed E-state index contributed by atoms with van der Waals surface area (Å²) in [6, 6.07) is 7.56. The van der Waals surface area contributed by atoms with E-state index in [1.165, 1.54) is 6.92 Å². The number of aromatic nitrogens is 4. The molecule has 1 amide bonds. The van der Waals surface area contributed by atoms with E-state index in [1.54, 1.807) is 0 Å². The van der Waals surface area contributed by atoms with E-state index in [2.05, 4.69) is 25.9 Å². The minimum Gasteiger partial charge on any atom is -0.326 e. The molecule has 2 rings (SSSR count). The topological polar surface area (TPSA) is 83.6 Å². The summed E-state index contributed by atoms with van der Waals surface area (Å²) in [6.07, 6.45) is 0.612. The van der Waals surface area contributed by atoms with Crippen molar-refractivity contribution in [1.82, 2.24) is 20.6 Å². The van der Waals surface area contributed by atoms with E-state index in [-0.39, 0.29) is 5.91 Å². The zero-order valence-corrected chi connectivity index (χ0v) is 8.77. The minimum absolute atomic E-state index is 0.0847. The Balaban J connectivity index is 2.13. The Kier molecular flexibility index (Phi) is 2.90. The molecule has 1 aromatic heterocycles. The third-order valence-corrected chi connectivity index (χ3v) is 2.01. The summed E-state index contributed by atoms with van der Waals surface area (Å²) < 4.78 is 0. The molecule has 0 fully saturated rings. The maximum atomic E-state index is 10.9. The molecule has 0 aliphatic heterocycles. The number of aromatic amines is 1. The summed E-state index contributed by atoms with van der Waals surface area (Å²) in [5.41, 5.74) is 1.81. The average Bonchev–Trinajstić information content (AvgIpc) is 2.70. The third kappa shape index (κ3) is 2.63. The molecule has 0 aliphatic rings. The molecule has 6 heteroatoms. The van der Waals surface area contributed by atoms with Crippen molar-refractivity contribution in [2.45, 2.75) is 13.3 Å². The lowest BCUT2D eigenvalue weighted by atomic mass is 10.1. The Bertz CT molecular complexity index is 480. The predicted molar refractivity (Wildman–Crippen MR) is 57.7 cm³/mol. The first kappa shape index (κ1) is 10.3. The normalized spacial score (nSPS) is 10.1. The minimum atomic E-state index is -0.0847. The van der Waals surface area contributed by atoms with Gasteiger partial charge in [-0.15, -0.1) is 5.10 Å². The van der Waals surface area contributed by atoms with Crippen LogP contribution in [0.2, 0.25) is 0 Å². The van der Waals surface area contributed by atoms with Crippen molar-refractivity contribution in [2.24, 2.45) is 0 Å². The number of nitrogens with one attached hydrogen (secondary N) is 2. The molecular formula is C10H11N5O. The van der Waals surface area contributed by atoms with Gasteiger partial charge in [0.05, 0.1) is 0 Å². The highest BCUT2D eigenvalue weighted by Crippen LogP contribution is 2.12. The fourth-order valence-electron chi connectivity index (χ4n) is 1.41. The lowest BCUT2D eigenvalue weighted by molar-refractivity contribution is -0.114. The van der Waals surface area contributed by atoms with E-state index in [4.69, 9.17) is 0 Å². The monoisotopic (exact) mass is 217 g/mol. The van der Waals surface area contributed by atoms with E-state index in [9.17, 15) is 4.79 Å². The fraction of sp³-hybridized carbons (Fsp3) is 0.200. The maximum absolute atomic E-state index is 10.9. The van der Waals surface area contributed by atoms with Crippen LogP contribution in [-0.4, -0.2) is 26.5 Å². The standard InChI is InChI=1S/C10H11N5O/c1-7(16)11-9-4-2-3-8(5-9)6-10-12-14-15-13-10/h2-5H,6H2,1H3,(H,11,16)(H,12,13,14,15). The molecular weight excluding hydrogens is 206 g/mol. The van der Waals surface area contributed by atoms with Crippen LogP contribution in [0.4, 0.5) is 5.69 Å². The van der Waals surface area contributed by atoms with Gasteiger partial charge in [0.1, 0.15) is 0 Å². The van der Waals surface area contributed by atoms with E-state index < -0.39 is 0 Å². The average molecular weight is 217 g/mol. The summed E-state index contributed by atoms with van der Waals surface area (Å²) in [5, 5.41) is 16.2. The SMILES string of the molecule is CC(=O)Nc1cccc(Cc2nnn[nH]2)c1. The Morgan fingerprint density at radius 2 is 2.38 bits per heavy atom. The summed E-state index contributed by atoms with van der Waals surface area (Å²) >= 11 is 0. The van der Waals surface area contributed by atoms with E-state index in [1.807, 2.05) is 24.3 Å². The number of carbonyl (C=O) groups excluding carboxylic acids is 1. The molecule has 0 radical (unpaired) electrons. The van der Waals surface area contributed by atoms with Crippen LogP contribution in [0.1, 0.15) is 18.3 Å². The molecule has 0 atom stereocenters. The number of benzene rings is 1. The van der Waals surface area contributed by atoms with Crippen LogP contribution in [0.15, 0.2) is 24.3 Å². The Labute approximate surface area is 92.1 Å². The molecule has 0 saturated carbocycles. The maximum Gasteiger partial charge on any atom is 0.221 e. The number of anilines is 1. The van der Waals surface area contributed by atoms with E-state index in [0.717, 1.165) is 11.3 Å². The molecule has 0 unspecified atom stereocenters. The first-order chi connectivity index (χ1) is 7.74. The van der Waals surface area contributed by atoms with Crippen molar-refractivity contribution in [3.63, 3.8) is 0 Å². The zero-order chi connectivity index (χ0) is 11.4. The van der Waals surface area contributed by atoms with Gasteiger partial charge >= 0.3 is 0 Å². The first-order valence-corrected chi connectivity index (χ1v) is 4.83. The van der Waals surface area contributed by atoms with Crippen molar-refractivity contribution >= 4 is 11.6 Å². The molecule has 2 N–H and O–H groups in total. The molecule has 1 aromatic carbocycles. The van der Waals surface area contributed by atoms with Gasteiger partial charge < -0.3 is 5.32 Å². The van der Waals surface area contributed by atoms with Gasteiger partial charge in [-0.1, -0.05) is 12.1 Å². The predicted octanol–water partition coefficient (Wildman–Crippen LogP) is 0.749. The number of tetrazole rings is 1. The smallest absolute Gasteiger partial charge is 0.221 e. The molecule has 2 aromatic rings. The van der Waals surface area contributed by atoms with Crippen molar-refractivity contribution in [2.75, 3.05) is 5.32 Å². The van der Waals surface area contributed by atoms with Crippen LogP contribution in [0, 0.1) is 0 Å².